The molecule has 1 heterocycles. The van der Waals surface area contributed by atoms with Gasteiger partial charge in [0.1, 0.15) is 6.33 Å². The van der Waals surface area contributed by atoms with Crippen LogP contribution in [0.2, 0.25) is 0 Å². The van der Waals surface area contributed by atoms with Crippen molar-refractivity contribution in [3.63, 3.8) is 0 Å². The van der Waals surface area contributed by atoms with Crippen LogP contribution in [-0.2, 0) is 14.8 Å². The summed E-state index contributed by atoms with van der Waals surface area (Å²) < 4.78 is 31.1. The Labute approximate surface area is 117 Å². The molecule has 0 saturated carbocycles. The van der Waals surface area contributed by atoms with Gasteiger partial charge in [0.15, 0.2) is 0 Å². The van der Waals surface area contributed by atoms with Crippen LogP contribution >= 0.6 is 0 Å². The average molecular weight is 293 g/mol. The van der Waals surface area contributed by atoms with Crippen molar-refractivity contribution < 1.29 is 13.2 Å². The van der Waals surface area contributed by atoms with E-state index < -0.39 is 10.0 Å². The number of nitrogens with one attached hydrogen (secondary N) is 1. The van der Waals surface area contributed by atoms with Crippen LogP contribution in [0, 0.1) is 0 Å². The van der Waals surface area contributed by atoms with Gasteiger partial charge in [0, 0.05) is 12.7 Å². The van der Waals surface area contributed by atoms with Crippen LogP contribution in [0.1, 0.15) is 0 Å². The maximum atomic E-state index is 11.9. The van der Waals surface area contributed by atoms with E-state index in [1.54, 1.807) is 0 Å². The van der Waals surface area contributed by atoms with Crippen LogP contribution in [-0.4, -0.2) is 37.9 Å². The topological polar surface area (TPSA) is 81.2 Å². The Balaban J connectivity index is 2.30. The zero-order valence-corrected chi connectivity index (χ0v) is 11.8. The highest BCUT2D eigenvalue weighted by Gasteiger charge is 2.14. The normalized spacial score (nSPS) is 11.2. The molecule has 0 aliphatic rings. The second-order valence-electron chi connectivity index (χ2n) is 4.06. The van der Waals surface area contributed by atoms with Gasteiger partial charge in [-0.3, -0.25) is 4.72 Å². The molecule has 0 saturated heterocycles. The summed E-state index contributed by atoms with van der Waals surface area (Å²) in [5.74, 6) is -0.118. The molecule has 20 heavy (non-hydrogen) atoms. The predicted molar refractivity (Wildman–Crippen MR) is 76.8 cm³/mol. The quantitative estimate of drug-likeness (QED) is 0.873. The molecule has 0 fully saturated rings. The molecule has 0 atom stereocenters. The van der Waals surface area contributed by atoms with Gasteiger partial charge in [0.05, 0.1) is 29.9 Å². The van der Waals surface area contributed by atoms with Crippen molar-refractivity contribution in [1.82, 2.24) is 9.97 Å². The molecule has 1 N–H and O–H groups in total. The fourth-order valence-corrected chi connectivity index (χ4v) is 2.61. The summed E-state index contributed by atoms with van der Waals surface area (Å²) in [6.45, 7) is 0.129. The van der Waals surface area contributed by atoms with Crippen molar-refractivity contribution in [3.05, 3.63) is 42.9 Å². The van der Waals surface area contributed by atoms with E-state index in [4.69, 9.17) is 4.74 Å². The third-order valence-electron chi connectivity index (χ3n) is 2.58. The molecule has 0 aliphatic heterocycles. The number of ether oxygens (including phenoxy) is 1. The minimum Gasteiger partial charge on any atom is -0.384 e. The Morgan fingerprint density at radius 3 is 2.70 bits per heavy atom. The Kier molecular flexibility index (Phi) is 4.65. The fourth-order valence-electron chi connectivity index (χ4n) is 1.64. The molecule has 0 radical (unpaired) electrons. The zero-order valence-electron chi connectivity index (χ0n) is 11.0. The lowest BCUT2D eigenvalue weighted by atomic mass is 10.1. The minimum atomic E-state index is -3.48. The van der Waals surface area contributed by atoms with Gasteiger partial charge in [-0.05, 0) is 0 Å². The number of hydrogen-bond acceptors (Lipinski definition) is 5. The van der Waals surface area contributed by atoms with Gasteiger partial charge in [0.2, 0.25) is 10.0 Å². The molecule has 1 aromatic carbocycles. The third kappa shape index (κ3) is 3.75. The van der Waals surface area contributed by atoms with Gasteiger partial charge < -0.3 is 4.74 Å². The molecule has 106 valence electrons. The number of benzene rings is 1. The Hall–Kier alpha value is -1.99. The lowest BCUT2D eigenvalue weighted by Crippen LogP contribution is -2.20. The van der Waals surface area contributed by atoms with Crippen molar-refractivity contribution in [1.29, 1.82) is 0 Å². The van der Waals surface area contributed by atoms with E-state index in [9.17, 15) is 8.42 Å². The second-order valence-corrected chi connectivity index (χ2v) is 5.91. The summed E-state index contributed by atoms with van der Waals surface area (Å²) in [5.41, 5.74) is 1.72. The van der Waals surface area contributed by atoms with Crippen LogP contribution < -0.4 is 4.72 Å². The average Bonchev–Trinajstić information content (AvgIpc) is 2.46. The van der Waals surface area contributed by atoms with Crippen LogP contribution in [0.3, 0.4) is 0 Å². The molecule has 0 aliphatic carbocycles. The van der Waals surface area contributed by atoms with Gasteiger partial charge in [-0.25, -0.2) is 18.4 Å². The summed E-state index contributed by atoms with van der Waals surface area (Å²) in [7, 11) is -2.03. The van der Waals surface area contributed by atoms with Crippen LogP contribution in [0.25, 0.3) is 11.3 Å². The molecule has 0 amide bonds. The number of anilines is 1. The lowest BCUT2D eigenvalue weighted by Gasteiger charge is -2.11. The Morgan fingerprint density at radius 1 is 1.25 bits per heavy atom. The van der Waals surface area contributed by atoms with E-state index in [-0.39, 0.29) is 12.4 Å². The summed E-state index contributed by atoms with van der Waals surface area (Å²) in [6.07, 6.45) is 2.83. The molecule has 0 spiro atoms. The van der Waals surface area contributed by atoms with Gasteiger partial charge in [0.25, 0.3) is 0 Å². The summed E-state index contributed by atoms with van der Waals surface area (Å²) in [4.78, 5) is 8.01. The van der Waals surface area contributed by atoms with E-state index in [1.165, 1.54) is 19.6 Å². The highest BCUT2D eigenvalue weighted by Crippen LogP contribution is 2.24. The maximum absolute atomic E-state index is 11.9. The van der Waals surface area contributed by atoms with E-state index >= 15 is 0 Å². The van der Waals surface area contributed by atoms with Gasteiger partial charge in [-0.1, -0.05) is 30.3 Å². The smallest absolute Gasteiger partial charge is 0.235 e. The van der Waals surface area contributed by atoms with Gasteiger partial charge in [-0.15, -0.1) is 0 Å². The monoisotopic (exact) mass is 293 g/mol. The van der Waals surface area contributed by atoms with E-state index in [0.29, 0.717) is 11.4 Å². The van der Waals surface area contributed by atoms with Crippen molar-refractivity contribution >= 4 is 15.7 Å². The lowest BCUT2D eigenvalue weighted by molar-refractivity contribution is 0.217. The second kappa shape index (κ2) is 6.44. The summed E-state index contributed by atoms with van der Waals surface area (Å²) >= 11 is 0. The molecule has 6 nitrogen and oxygen atoms in total. The zero-order chi connectivity index (χ0) is 14.4. The fraction of sp³-hybridized carbons (Fsp3) is 0.231. The molecule has 2 rings (SSSR count). The van der Waals surface area contributed by atoms with Gasteiger partial charge >= 0.3 is 0 Å². The Bertz CT molecular complexity index is 660. The van der Waals surface area contributed by atoms with Crippen molar-refractivity contribution in [2.24, 2.45) is 0 Å². The molecule has 2 aromatic rings. The molecular weight excluding hydrogens is 278 g/mol. The highest BCUT2D eigenvalue weighted by molar-refractivity contribution is 7.92. The van der Waals surface area contributed by atoms with E-state index in [2.05, 4.69) is 14.7 Å². The summed E-state index contributed by atoms with van der Waals surface area (Å²) in [5, 5.41) is 0. The van der Waals surface area contributed by atoms with Crippen molar-refractivity contribution in [2.45, 2.75) is 0 Å². The maximum Gasteiger partial charge on any atom is 0.235 e. The number of rotatable bonds is 6. The number of methoxy groups -OCH3 is 1. The predicted octanol–water partition coefficient (Wildman–Crippen LogP) is 1.53. The minimum absolute atomic E-state index is 0.118. The van der Waals surface area contributed by atoms with Crippen LogP contribution in [0.4, 0.5) is 5.69 Å². The molecule has 0 unspecified atom stereocenters. The van der Waals surface area contributed by atoms with E-state index in [0.717, 1.165) is 5.56 Å². The first kappa shape index (κ1) is 14.4. The third-order valence-corrected chi connectivity index (χ3v) is 3.82. The molecule has 1 aromatic heterocycles. The number of hydrogen-bond donors (Lipinski definition) is 1. The first-order valence-corrected chi connectivity index (χ1v) is 7.62. The standard InChI is InChI=1S/C13H15N3O3S/c1-19-7-8-20(17,18)16-12-9-14-10-15-13(12)11-5-3-2-4-6-11/h2-6,9-10,16H,7-8H2,1H3. The first-order valence-electron chi connectivity index (χ1n) is 5.97. The van der Waals surface area contributed by atoms with Crippen LogP contribution in [0.15, 0.2) is 42.9 Å². The van der Waals surface area contributed by atoms with Crippen molar-refractivity contribution in [2.75, 3.05) is 24.2 Å². The number of aromatic nitrogens is 2. The molecular formula is C13H15N3O3S. The van der Waals surface area contributed by atoms with E-state index in [1.807, 2.05) is 30.3 Å². The largest absolute Gasteiger partial charge is 0.384 e. The van der Waals surface area contributed by atoms with Crippen LogP contribution in [0.5, 0.6) is 0 Å². The summed E-state index contributed by atoms with van der Waals surface area (Å²) in [6, 6.07) is 9.32. The highest BCUT2D eigenvalue weighted by atomic mass is 32.2. The molecule has 0 bridgehead atoms. The Morgan fingerprint density at radius 2 is 2.00 bits per heavy atom. The van der Waals surface area contributed by atoms with Gasteiger partial charge in [-0.2, -0.15) is 0 Å². The van der Waals surface area contributed by atoms with Crippen molar-refractivity contribution in [3.8, 4) is 11.3 Å². The number of nitrogens with zero attached hydrogens (tertiary/aromatic N) is 2. The SMILES string of the molecule is COCCS(=O)(=O)Nc1cncnc1-c1ccccc1. The first-order chi connectivity index (χ1) is 9.62. The molecule has 7 heteroatoms. The number of sulfonamides is 1.